The van der Waals surface area contributed by atoms with Crippen LogP contribution in [0.4, 0.5) is 5.69 Å². The van der Waals surface area contributed by atoms with E-state index in [1.54, 1.807) is 0 Å². The van der Waals surface area contributed by atoms with Gasteiger partial charge in [-0.25, -0.2) is 16.8 Å². The van der Waals surface area contributed by atoms with Gasteiger partial charge in [0, 0.05) is 6.26 Å². The summed E-state index contributed by atoms with van der Waals surface area (Å²) in [5, 5.41) is -0.0538. The largest absolute Gasteiger partial charge is 0.279 e. The fourth-order valence-corrected chi connectivity index (χ4v) is 5.37. The smallest absolute Gasteiger partial charge is 0.271 e. The van der Waals surface area contributed by atoms with Crippen molar-refractivity contribution in [3.63, 3.8) is 0 Å². The van der Waals surface area contributed by atoms with Crippen molar-refractivity contribution in [2.45, 2.75) is 9.10 Å². The van der Waals surface area contributed by atoms with Gasteiger partial charge in [0.05, 0.1) is 19.9 Å². The van der Waals surface area contributed by atoms with Crippen molar-refractivity contribution in [1.82, 2.24) is 0 Å². The molecule has 1 aromatic heterocycles. The number of nitrogens with one attached hydrogen (secondary N) is 1. The minimum atomic E-state index is -3.78. The SMILES string of the molecule is CS(=O)(=O)c1ccc(NS(=O)(=O)c2ccc(Cl)s2)cc1Cl. The van der Waals surface area contributed by atoms with Crippen LogP contribution >= 0.6 is 34.5 Å². The molecule has 0 aliphatic carbocycles. The van der Waals surface area contributed by atoms with Crippen LogP contribution in [0.1, 0.15) is 0 Å². The summed E-state index contributed by atoms with van der Waals surface area (Å²) in [6.45, 7) is 0. The Bertz CT molecular complexity index is 888. The average Bonchev–Trinajstić information content (AvgIpc) is 2.74. The zero-order valence-electron chi connectivity index (χ0n) is 10.5. The number of rotatable bonds is 4. The first-order valence-electron chi connectivity index (χ1n) is 5.37. The molecule has 0 amide bonds. The normalized spacial score (nSPS) is 12.3. The molecule has 21 heavy (non-hydrogen) atoms. The molecule has 0 unspecified atom stereocenters. The van der Waals surface area contributed by atoms with E-state index in [4.69, 9.17) is 23.2 Å². The lowest BCUT2D eigenvalue weighted by molar-refractivity contribution is 0.601. The third-order valence-electron chi connectivity index (χ3n) is 2.40. The molecule has 2 rings (SSSR count). The van der Waals surface area contributed by atoms with Crippen molar-refractivity contribution in [3.05, 3.63) is 39.7 Å². The highest BCUT2D eigenvalue weighted by Crippen LogP contribution is 2.29. The number of anilines is 1. The molecule has 0 aliphatic rings. The Morgan fingerprint density at radius 2 is 1.71 bits per heavy atom. The maximum absolute atomic E-state index is 12.1. The fourth-order valence-electron chi connectivity index (χ4n) is 1.51. The Morgan fingerprint density at radius 3 is 2.19 bits per heavy atom. The minimum absolute atomic E-state index is 0.0517. The Hall–Kier alpha value is -0.800. The standard InChI is InChI=1S/C11H9Cl2NO4S3/c1-20(15,16)9-3-2-7(6-8(9)12)14-21(17,18)11-5-4-10(13)19-11/h2-6,14H,1H3. The summed E-state index contributed by atoms with van der Waals surface area (Å²) in [6, 6.07) is 6.67. The first kappa shape index (κ1) is 16.6. The second-order valence-electron chi connectivity index (χ2n) is 4.08. The van der Waals surface area contributed by atoms with Crippen LogP contribution in [-0.4, -0.2) is 23.1 Å². The molecule has 1 aromatic carbocycles. The van der Waals surface area contributed by atoms with E-state index in [0.29, 0.717) is 4.34 Å². The van der Waals surface area contributed by atoms with Crippen LogP contribution in [0.3, 0.4) is 0 Å². The average molecular weight is 386 g/mol. The van der Waals surface area contributed by atoms with Crippen molar-refractivity contribution in [3.8, 4) is 0 Å². The van der Waals surface area contributed by atoms with Crippen LogP contribution < -0.4 is 4.72 Å². The van der Waals surface area contributed by atoms with Crippen LogP contribution in [0.5, 0.6) is 0 Å². The number of benzene rings is 1. The summed E-state index contributed by atoms with van der Waals surface area (Å²) in [7, 11) is -7.25. The second-order valence-corrected chi connectivity index (χ2v) is 10.1. The Balaban J connectivity index is 2.35. The molecule has 114 valence electrons. The Morgan fingerprint density at radius 1 is 1.05 bits per heavy atom. The van der Waals surface area contributed by atoms with E-state index in [2.05, 4.69) is 4.72 Å². The molecule has 0 bridgehead atoms. The highest BCUT2D eigenvalue weighted by Gasteiger charge is 2.18. The molecule has 0 spiro atoms. The van der Waals surface area contributed by atoms with Crippen molar-refractivity contribution in [1.29, 1.82) is 0 Å². The van der Waals surface area contributed by atoms with E-state index in [-0.39, 0.29) is 19.8 Å². The van der Waals surface area contributed by atoms with E-state index in [1.165, 1.54) is 30.3 Å². The Kier molecular flexibility index (Phi) is 4.55. The summed E-state index contributed by atoms with van der Waals surface area (Å²) in [5.74, 6) is 0. The molecular weight excluding hydrogens is 377 g/mol. The second kappa shape index (κ2) is 5.77. The fraction of sp³-hybridized carbons (Fsp3) is 0.0909. The topological polar surface area (TPSA) is 80.3 Å². The number of sulfone groups is 1. The minimum Gasteiger partial charge on any atom is -0.279 e. The number of halogens is 2. The zero-order valence-corrected chi connectivity index (χ0v) is 14.5. The molecule has 1 N–H and O–H groups in total. The van der Waals surface area contributed by atoms with Crippen LogP contribution in [0.25, 0.3) is 0 Å². The van der Waals surface area contributed by atoms with E-state index in [0.717, 1.165) is 17.6 Å². The van der Waals surface area contributed by atoms with Crippen molar-refractivity contribution >= 4 is 60.1 Å². The number of thiophene rings is 1. The third kappa shape index (κ3) is 3.89. The van der Waals surface area contributed by atoms with Gasteiger partial charge in [0.15, 0.2) is 9.84 Å². The van der Waals surface area contributed by atoms with E-state index >= 15 is 0 Å². The zero-order chi connectivity index (χ0) is 15.8. The predicted molar refractivity (Wildman–Crippen MR) is 84.7 cm³/mol. The van der Waals surface area contributed by atoms with Gasteiger partial charge in [-0.2, -0.15) is 0 Å². The summed E-state index contributed by atoms with van der Waals surface area (Å²) >= 11 is 12.5. The number of sulfonamides is 1. The lowest BCUT2D eigenvalue weighted by Crippen LogP contribution is -2.11. The quantitative estimate of drug-likeness (QED) is 0.875. The van der Waals surface area contributed by atoms with Gasteiger partial charge in [-0.05, 0) is 30.3 Å². The molecule has 0 aliphatic heterocycles. The highest BCUT2D eigenvalue weighted by molar-refractivity contribution is 7.94. The first-order chi connectivity index (χ1) is 9.59. The van der Waals surface area contributed by atoms with Gasteiger partial charge in [0.2, 0.25) is 0 Å². The predicted octanol–water partition coefficient (Wildman–Crippen LogP) is 3.26. The molecule has 0 radical (unpaired) electrons. The van der Waals surface area contributed by atoms with E-state index < -0.39 is 19.9 Å². The summed E-state index contributed by atoms with van der Waals surface area (Å²) < 4.78 is 49.8. The summed E-state index contributed by atoms with van der Waals surface area (Å²) in [4.78, 5) is -0.0636. The van der Waals surface area contributed by atoms with Crippen molar-refractivity contribution < 1.29 is 16.8 Å². The number of hydrogen-bond donors (Lipinski definition) is 1. The van der Waals surface area contributed by atoms with Gasteiger partial charge < -0.3 is 0 Å². The maximum Gasteiger partial charge on any atom is 0.271 e. The molecule has 0 atom stereocenters. The molecule has 2 aromatic rings. The van der Waals surface area contributed by atoms with E-state index in [1.807, 2.05) is 0 Å². The lowest BCUT2D eigenvalue weighted by atomic mass is 10.3. The van der Waals surface area contributed by atoms with Crippen LogP contribution in [0, 0.1) is 0 Å². The number of hydrogen-bond acceptors (Lipinski definition) is 5. The highest BCUT2D eigenvalue weighted by atomic mass is 35.5. The third-order valence-corrected chi connectivity index (χ3v) is 7.08. The van der Waals surface area contributed by atoms with Gasteiger partial charge in [-0.3, -0.25) is 4.72 Å². The van der Waals surface area contributed by atoms with Gasteiger partial charge in [-0.1, -0.05) is 23.2 Å². The van der Waals surface area contributed by atoms with Crippen molar-refractivity contribution in [2.75, 3.05) is 11.0 Å². The molecule has 5 nitrogen and oxygen atoms in total. The molecule has 10 heteroatoms. The summed E-state index contributed by atoms with van der Waals surface area (Å²) in [5.41, 5.74) is 0.164. The van der Waals surface area contributed by atoms with Gasteiger partial charge >= 0.3 is 0 Å². The summed E-state index contributed by atoms with van der Waals surface area (Å²) in [6.07, 6.45) is 1.02. The van der Waals surface area contributed by atoms with Gasteiger partial charge in [0.25, 0.3) is 10.0 Å². The van der Waals surface area contributed by atoms with Crippen molar-refractivity contribution in [2.24, 2.45) is 0 Å². The molecule has 0 fully saturated rings. The molecule has 1 heterocycles. The molecule has 0 saturated heterocycles. The van der Waals surface area contributed by atoms with E-state index in [9.17, 15) is 16.8 Å². The first-order valence-corrected chi connectivity index (χ1v) is 10.3. The van der Waals surface area contributed by atoms with Gasteiger partial charge in [0.1, 0.15) is 4.21 Å². The Labute approximate surface area is 136 Å². The molecular formula is C11H9Cl2NO4S3. The van der Waals surface area contributed by atoms with Crippen LogP contribution in [0.15, 0.2) is 39.4 Å². The maximum atomic E-state index is 12.1. The van der Waals surface area contributed by atoms with Gasteiger partial charge in [-0.15, -0.1) is 11.3 Å². The molecule has 0 saturated carbocycles. The lowest BCUT2D eigenvalue weighted by Gasteiger charge is -2.08. The van der Waals surface area contributed by atoms with Crippen LogP contribution in [0.2, 0.25) is 9.36 Å². The van der Waals surface area contributed by atoms with Crippen LogP contribution in [-0.2, 0) is 19.9 Å². The monoisotopic (exact) mass is 385 g/mol.